The molecule has 82 valence electrons. The lowest BCUT2D eigenvalue weighted by Crippen LogP contribution is -1.89. The third-order valence-electron chi connectivity index (χ3n) is 2.92. The van der Waals surface area contributed by atoms with E-state index in [1.807, 2.05) is 0 Å². The summed E-state index contributed by atoms with van der Waals surface area (Å²) in [6.07, 6.45) is 3.29. The van der Waals surface area contributed by atoms with Crippen LogP contribution in [0.25, 0.3) is 10.4 Å². The van der Waals surface area contributed by atoms with E-state index in [-0.39, 0.29) is 0 Å². The minimum absolute atomic E-state index is 0.679. The van der Waals surface area contributed by atoms with Gasteiger partial charge in [0, 0.05) is 4.47 Å². The molecule has 3 rings (SSSR count). The SMILES string of the molecule is Nc1nc2c(s1)-c1cccc(Br)c1CCC2. The maximum Gasteiger partial charge on any atom is 0.180 e. The molecule has 16 heavy (non-hydrogen) atoms. The van der Waals surface area contributed by atoms with Gasteiger partial charge in [0.1, 0.15) is 0 Å². The summed E-state index contributed by atoms with van der Waals surface area (Å²) in [6.45, 7) is 0. The number of benzene rings is 1. The molecule has 0 atom stereocenters. The summed E-state index contributed by atoms with van der Waals surface area (Å²) in [5.74, 6) is 0. The van der Waals surface area contributed by atoms with Crippen LogP contribution >= 0.6 is 27.3 Å². The third-order valence-corrected chi connectivity index (χ3v) is 4.62. The van der Waals surface area contributed by atoms with Crippen molar-refractivity contribution in [1.29, 1.82) is 0 Å². The summed E-state index contributed by atoms with van der Waals surface area (Å²) in [7, 11) is 0. The molecule has 1 aliphatic carbocycles. The van der Waals surface area contributed by atoms with E-state index in [1.165, 1.54) is 26.2 Å². The number of anilines is 1. The number of thiazole rings is 1. The Morgan fingerprint density at radius 1 is 1.31 bits per heavy atom. The zero-order chi connectivity index (χ0) is 11.1. The summed E-state index contributed by atoms with van der Waals surface area (Å²) in [4.78, 5) is 5.68. The second kappa shape index (κ2) is 3.86. The lowest BCUT2D eigenvalue weighted by Gasteiger charge is -2.07. The molecule has 2 N–H and O–H groups in total. The van der Waals surface area contributed by atoms with E-state index in [0.29, 0.717) is 5.13 Å². The topological polar surface area (TPSA) is 38.9 Å². The van der Waals surface area contributed by atoms with Gasteiger partial charge >= 0.3 is 0 Å². The lowest BCUT2D eigenvalue weighted by molar-refractivity contribution is 0.816. The molecule has 1 aliphatic rings. The van der Waals surface area contributed by atoms with E-state index in [9.17, 15) is 0 Å². The van der Waals surface area contributed by atoms with Crippen LogP contribution in [-0.2, 0) is 12.8 Å². The summed E-state index contributed by atoms with van der Waals surface area (Å²) in [5.41, 5.74) is 9.66. The first kappa shape index (κ1) is 10.3. The molecule has 0 radical (unpaired) electrons. The first-order chi connectivity index (χ1) is 7.75. The van der Waals surface area contributed by atoms with Crippen molar-refractivity contribution in [2.45, 2.75) is 19.3 Å². The number of aryl methyl sites for hydroxylation is 1. The number of nitrogens with two attached hydrogens (primary N) is 1. The summed E-state index contributed by atoms with van der Waals surface area (Å²) >= 11 is 5.23. The maximum atomic E-state index is 5.80. The second-order valence-electron chi connectivity index (χ2n) is 3.95. The quantitative estimate of drug-likeness (QED) is 0.806. The molecule has 0 saturated heterocycles. The van der Waals surface area contributed by atoms with Crippen molar-refractivity contribution in [1.82, 2.24) is 4.98 Å². The zero-order valence-corrected chi connectivity index (χ0v) is 11.1. The second-order valence-corrected chi connectivity index (χ2v) is 5.83. The van der Waals surface area contributed by atoms with Crippen LogP contribution in [0.15, 0.2) is 22.7 Å². The van der Waals surface area contributed by atoms with Gasteiger partial charge in [-0.05, 0) is 36.5 Å². The molecule has 0 unspecified atom stereocenters. The third kappa shape index (κ3) is 1.57. The van der Waals surface area contributed by atoms with Crippen LogP contribution in [-0.4, -0.2) is 4.98 Å². The van der Waals surface area contributed by atoms with Crippen molar-refractivity contribution in [2.24, 2.45) is 0 Å². The molecule has 0 bridgehead atoms. The molecule has 2 nitrogen and oxygen atoms in total. The number of hydrogen-bond donors (Lipinski definition) is 1. The van der Waals surface area contributed by atoms with Gasteiger partial charge in [-0.25, -0.2) is 4.98 Å². The van der Waals surface area contributed by atoms with Gasteiger partial charge in [0.05, 0.1) is 10.6 Å². The number of aromatic nitrogens is 1. The number of halogens is 1. The normalized spacial score (nSPS) is 14.1. The van der Waals surface area contributed by atoms with Gasteiger partial charge in [-0.15, -0.1) is 0 Å². The zero-order valence-electron chi connectivity index (χ0n) is 8.66. The molecule has 0 spiro atoms. The minimum Gasteiger partial charge on any atom is -0.375 e. The number of rotatable bonds is 0. The van der Waals surface area contributed by atoms with Crippen molar-refractivity contribution in [2.75, 3.05) is 5.73 Å². The molecule has 2 aromatic rings. The fourth-order valence-corrected chi connectivity index (χ4v) is 3.70. The molecule has 1 heterocycles. The Morgan fingerprint density at radius 3 is 3.06 bits per heavy atom. The van der Waals surface area contributed by atoms with Gasteiger partial charge in [0.15, 0.2) is 5.13 Å². The number of hydrogen-bond acceptors (Lipinski definition) is 3. The van der Waals surface area contributed by atoms with Crippen LogP contribution < -0.4 is 5.73 Å². The summed E-state index contributed by atoms with van der Waals surface area (Å²) in [6, 6.07) is 6.35. The van der Waals surface area contributed by atoms with Gasteiger partial charge in [0.2, 0.25) is 0 Å². The first-order valence-electron chi connectivity index (χ1n) is 5.28. The molecule has 0 saturated carbocycles. The van der Waals surface area contributed by atoms with Gasteiger partial charge in [-0.3, -0.25) is 0 Å². The Kier molecular flexibility index (Phi) is 2.48. The van der Waals surface area contributed by atoms with Gasteiger partial charge in [0.25, 0.3) is 0 Å². The average molecular weight is 295 g/mol. The van der Waals surface area contributed by atoms with Crippen LogP contribution in [0, 0.1) is 0 Å². The predicted octanol–water partition coefficient (Wildman–Crippen LogP) is 3.64. The van der Waals surface area contributed by atoms with Crippen molar-refractivity contribution in [3.8, 4) is 10.4 Å². The predicted molar refractivity (Wildman–Crippen MR) is 71.7 cm³/mol. The first-order valence-corrected chi connectivity index (χ1v) is 6.89. The van der Waals surface area contributed by atoms with Crippen LogP contribution in [0.5, 0.6) is 0 Å². The Morgan fingerprint density at radius 2 is 2.19 bits per heavy atom. The molecular formula is C12H11BrN2S. The highest BCUT2D eigenvalue weighted by Gasteiger charge is 2.19. The molecule has 0 amide bonds. The molecule has 1 aromatic carbocycles. The van der Waals surface area contributed by atoms with E-state index in [0.717, 1.165) is 19.3 Å². The smallest absolute Gasteiger partial charge is 0.180 e. The van der Waals surface area contributed by atoms with E-state index in [2.05, 4.69) is 39.1 Å². The van der Waals surface area contributed by atoms with Crippen molar-refractivity contribution in [3.63, 3.8) is 0 Å². The number of nitrogen functional groups attached to an aromatic ring is 1. The Labute approximate surface area is 107 Å². The van der Waals surface area contributed by atoms with Crippen molar-refractivity contribution < 1.29 is 0 Å². The standard InChI is InChI=1S/C12H11BrN2S/c13-9-5-1-4-8-7(9)3-2-6-10-11(8)16-12(14)15-10/h1,4-5H,2-3,6H2,(H2,14,15). The van der Waals surface area contributed by atoms with Crippen molar-refractivity contribution >= 4 is 32.4 Å². The molecule has 4 heteroatoms. The highest BCUT2D eigenvalue weighted by Crippen LogP contribution is 2.39. The van der Waals surface area contributed by atoms with Gasteiger partial charge in [-0.2, -0.15) is 0 Å². The fraction of sp³-hybridized carbons (Fsp3) is 0.250. The van der Waals surface area contributed by atoms with Gasteiger partial charge < -0.3 is 5.73 Å². The maximum absolute atomic E-state index is 5.80. The van der Waals surface area contributed by atoms with Crippen LogP contribution in [0.2, 0.25) is 0 Å². The molecule has 1 aromatic heterocycles. The molecule has 0 fully saturated rings. The number of fused-ring (bicyclic) bond motifs is 3. The van der Waals surface area contributed by atoms with Crippen molar-refractivity contribution in [3.05, 3.63) is 33.9 Å². The van der Waals surface area contributed by atoms with Crippen LogP contribution in [0.1, 0.15) is 17.7 Å². The van der Waals surface area contributed by atoms with E-state index in [1.54, 1.807) is 11.3 Å². The monoisotopic (exact) mass is 294 g/mol. The highest BCUT2D eigenvalue weighted by molar-refractivity contribution is 9.10. The fourth-order valence-electron chi connectivity index (χ4n) is 2.21. The largest absolute Gasteiger partial charge is 0.375 e. The average Bonchev–Trinajstić information content (AvgIpc) is 2.53. The highest BCUT2D eigenvalue weighted by atomic mass is 79.9. The molecular weight excluding hydrogens is 284 g/mol. The van der Waals surface area contributed by atoms with E-state index >= 15 is 0 Å². The Hall–Kier alpha value is -0.870. The van der Waals surface area contributed by atoms with Crippen LogP contribution in [0.3, 0.4) is 0 Å². The van der Waals surface area contributed by atoms with E-state index in [4.69, 9.17) is 5.73 Å². The minimum atomic E-state index is 0.679. The number of nitrogens with zero attached hydrogens (tertiary/aromatic N) is 1. The Balaban J connectivity index is 2.29. The molecule has 0 aliphatic heterocycles. The summed E-state index contributed by atoms with van der Waals surface area (Å²) < 4.78 is 1.20. The van der Waals surface area contributed by atoms with E-state index < -0.39 is 0 Å². The summed E-state index contributed by atoms with van der Waals surface area (Å²) in [5, 5.41) is 0.679. The van der Waals surface area contributed by atoms with Crippen LogP contribution in [0.4, 0.5) is 5.13 Å². The van der Waals surface area contributed by atoms with Gasteiger partial charge in [-0.1, -0.05) is 39.4 Å². The Bertz CT molecular complexity index is 548. The lowest BCUT2D eigenvalue weighted by atomic mass is 10.0.